The molecule has 0 bridgehead atoms. The van der Waals surface area contributed by atoms with Crippen LogP contribution in [0.15, 0.2) is 96.2 Å². The maximum Gasteiger partial charge on any atom is 0.269 e. The van der Waals surface area contributed by atoms with Gasteiger partial charge in [0.05, 0.1) is 21.2 Å². The standard InChI is InChI=1S/C25H23N5O5S/c1-19-26-15-16-28(19)24-10-6-5-7-20(24)17-27-25(31)18-29(21-11-13-22(14-12-21)30(32)33)36(34,35)23-8-3-2-4-9-23/h2-16H,17-18H2,1H3,(H,27,31). The largest absolute Gasteiger partial charge is 0.350 e. The third-order valence-electron chi connectivity index (χ3n) is 5.52. The number of anilines is 1. The fourth-order valence-corrected chi connectivity index (χ4v) is 5.13. The lowest BCUT2D eigenvalue weighted by Gasteiger charge is -2.24. The van der Waals surface area contributed by atoms with Crippen molar-refractivity contribution in [3.8, 4) is 5.69 Å². The van der Waals surface area contributed by atoms with Crippen molar-refractivity contribution in [2.24, 2.45) is 0 Å². The van der Waals surface area contributed by atoms with Crippen LogP contribution in [-0.2, 0) is 21.4 Å². The number of aromatic nitrogens is 2. The lowest BCUT2D eigenvalue weighted by molar-refractivity contribution is -0.384. The van der Waals surface area contributed by atoms with Crippen molar-refractivity contribution in [1.82, 2.24) is 14.9 Å². The summed E-state index contributed by atoms with van der Waals surface area (Å²) < 4.78 is 29.7. The summed E-state index contributed by atoms with van der Waals surface area (Å²) >= 11 is 0. The number of para-hydroxylation sites is 1. The second-order valence-electron chi connectivity index (χ2n) is 7.85. The van der Waals surface area contributed by atoms with E-state index in [2.05, 4.69) is 10.3 Å². The summed E-state index contributed by atoms with van der Waals surface area (Å²) in [6.07, 6.45) is 3.50. The van der Waals surface area contributed by atoms with Gasteiger partial charge in [0.25, 0.3) is 15.7 Å². The third kappa shape index (κ3) is 5.26. The number of nitrogens with zero attached hydrogens (tertiary/aromatic N) is 4. The minimum atomic E-state index is -4.12. The molecule has 36 heavy (non-hydrogen) atoms. The van der Waals surface area contributed by atoms with E-state index >= 15 is 0 Å². The summed E-state index contributed by atoms with van der Waals surface area (Å²) in [5, 5.41) is 13.8. The number of amides is 1. The molecule has 0 aliphatic carbocycles. The molecule has 0 spiro atoms. The highest BCUT2D eigenvalue weighted by Crippen LogP contribution is 2.26. The predicted molar refractivity (Wildman–Crippen MR) is 134 cm³/mol. The number of sulfonamides is 1. The van der Waals surface area contributed by atoms with E-state index in [9.17, 15) is 23.3 Å². The molecule has 10 nitrogen and oxygen atoms in total. The van der Waals surface area contributed by atoms with Gasteiger partial charge in [0.1, 0.15) is 12.4 Å². The maximum atomic E-state index is 13.4. The molecule has 1 aromatic heterocycles. The van der Waals surface area contributed by atoms with Crippen molar-refractivity contribution >= 4 is 27.3 Å². The number of carbonyl (C=O) groups excluding carboxylic acids is 1. The molecule has 11 heteroatoms. The van der Waals surface area contributed by atoms with Crippen LogP contribution in [0.2, 0.25) is 0 Å². The molecule has 0 unspecified atom stereocenters. The van der Waals surface area contributed by atoms with Crippen LogP contribution in [0.5, 0.6) is 0 Å². The van der Waals surface area contributed by atoms with Crippen LogP contribution in [0.1, 0.15) is 11.4 Å². The second kappa shape index (κ2) is 10.4. The number of non-ortho nitro benzene ring substituents is 1. The Labute approximate surface area is 208 Å². The zero-order chi connectivity index (χ0) is 25.7. The fraction of sp³-hybridized carbons (Fsp3) is 0.120. The van der Waals surface area contributed by atoms with Crippen molar-refractivity contribution in [2.45, 2.75) is 18.4 Å². The van der Waals surface area contributed by atoms with Crippen LogP contribution in [0, 0.1) is 17.0 Å². The molecule has 4 rings (SSSR count). The summed E-state index contributed by atoms with van der Waals surface area (Å²) in [4.78, 5) is 27.7. The molecule has 1 heterocycles. The van der Waals surface area contributed by atoms with Gasteiger partial charge in [-0.15, -0.1) is 0 Å². The number of aryl methyl sites for hydroxylation is 1. The molecule has 0 fully saturated rings. The smallest absolute Gasteiger partial charge is 0.269 e. The van der Waals surface area contributed by atoms with Crippen LogP contribution < -0.4 is 9.62 Å². The van der Waals surface area contributed by atoms with Crippen molar-refractivity contribution in [3.63, 3.8) is 0 Å². The molecule has 0 saturated carbocycles. The number of imidazole rings is 1. The van der Waals surface area contributed by atoms with Crippen molar-refractivity contribution in [3.05, 3.63) is 113 Å². The number of benzene rings is 3. The number of hydrogen-bond donors (Lipinski definition) is 1. The lowest BCUT2D eigenvalue weighted by Crippen LogP contribution is -2.40. The molecule has 0 saturated heterocycles. The minimum absolute atomic E-state index is 0.00270. The Bertz CT molecular complexity index is 1480. The third-order valence-corrected chi connectivity index (χ3v) is 7.31. The van der Waals surface area contributed by atoms with E-state index < -0.39 is 27.4 Å². The predicted octanol–water partition coefficient (Wildman–Crippen LogP) is 3.60. The second-order valence-corrected chi connectivity index (χ2v) is 9.71. The quantitative estimate of drug-likeness (QED) is 0.273. The van der Waals surface area contributed by atoms with E-state index in [1.54, 1.807) is 24.4 Å². The molecule has 4 aromatic rings. The molecule has 184 valence electrons. The van der Waals surface area contributed by atoms with Crippen LogP contribution in [0.25, 0.3) is 5.69 Å². The Balaban J connectivity index is 1.59. The average molecular weight is 506 g/mol. The summed E-state index contributed by atoms with van der Waals surface area (Å²) in [5.74, 6) is 0.247. The first-order valence-electron chi connectivity index (χ1n) is 10.9. The number of rotatable bonds is 9. The van der Waals surface area contributed by atoms with E-state index in [1.165, 1.54) is 36.4 Å². The Morgan fingerprint density at radius 3 is 2.33 bits per heavy atom. The monoisotopic (exact) mass is 505 g/mol. The van der Waals surface area contributed by atoms with E-state index in [0.717, 1.165) is 21.4 Å². The molecule has 1 amide bonds. The molecule has 0 atom stereocenters. The first-order chi connectivity index (χ1) is 17.3. The van der Waals surface area contributed by atoms with Crippen LogP contribution >= 0.6 is 0 Å². The lowest BCUT2D eigenvalue weighted by atomic mass is 10.1. The van der Waals surface area contributed by atoms with E-state index in [4.69, 9.17) is 0 Å². The van der Waals surface area contributed by atoms with E-state index in [-0.39, 0.29) is 22.8 Å². The first kappa shape index (κ1) is 24.6. The maximum absolute atomic E-state index is 13.4. The number of nitro benzene ring substituents is 1. The highest BCUT2D eigenvalue weighted by atomic mass is 32.2. The Morgan fingerprint density at radius 2 is 1.69 bits per heavy atom. The summed E-state index contributed by atoms with van der Waals surface area (Å²) in [6, 6.07) is 20.2. The molecular formula is C25H23N5O5S. The fourth-order valence-electron chi connectivity index (χ4n) is 3.68. The summed E-state index contributed by atoms with van der Waals surface area (Å²) in [7, 11) is -4.12. The van der Waals surface area contributed by atoms with Gasteiger partial charge in [-0.3, -0.25) is 19.2 Å². The number of nitro groups is 1. The van der Waals surface area contributed by atoms with Gasteiger partial charge in [-0.25, -0.2) is 13.4 Å². The molecule has 0 aliphatic heterocycles. The number of nitrogens with one attached hydrogen (secondary N) is 1. The Morgan fingerprint density at radius 1 is 1.03 bits per heavy atom. The molecular weight excluding hydrogens is 482 g/mol. The van der Waals surface area contributed by atoms with Gasteiger partial charge in [-0.2, -0.15) is 0 Å². The molecule has 3 aromatic carbocycles. The van der Waals surface area contributed by atoms with Crippen molar-refractivity contribution < 1.29 is 18.1 Å². The highest BCUT2D eigenvalue weighted by molar-refractivity contribution is 7.92. The Kier molecular flexibility index (Phi) is 7.11. The minimum Gasteiger partial charge on any atom is -0.350 e. The summed E-state index contributed by atoms with van der Waals surface area (Å²) in [5.41, 5.74) is 1.61. The van der Waals surface area contributed by atoms with Gasteiger partial charge >= 0.3 is 0 Å². The summed E-state index contributed by atoms with van der Waals surface area (Å²) in [6.45, 7) is 1.51. The van der Waals surface area contributed by atoms with Crippen LogP contribution in [0.3, 0.4) is 0 Å². The van der Waals surface area contributed by atoms with Gasteiger partial charge in [-0.05, 0) is 42.8 Å². The molecule has 1 N–H and O–H groups in total. The topological polar surface area (TPSA) is 127 Å². The SMILES string of the molecule is Cc1nccn1-c1ccccc1CNC(=O)CN(c1ccc([N+](=O)[O-])cc1)S(=O)(=O)c1ccccc1. The first-order valence-corrected chi connectivity index (χ1v) is 12.4. The van der Waals surface area contributed by atoms with Crippen LogP contribution in [0.4, 0.5) is 11.4 Å². The number of hydrogen-bond acceptors (Lipinski definition) is 6. The number of carbonyl (C=O) groups is 1. The van der Waals surface area contributed by atoms with Gasteiger partial charge < -0.3 is 9.88 Å². The van der Waals surface area contributed by atoms with E-state index in [0.29, 0.717) is 0 Å². The molecule has 0 aliphatic rings. The zero-order valence-corrected chi connectivity index (χ0v) is 20.1. The van der Waals surface area contributed by atoms with Gasteiger partial charge in [0.2, 0.25) is 5.91 Å². The van der Waals surface area contributed by atoms with Gasteiger partial charge in [0.15, 0.2) is 0 Å². The van der Waals surface area contributed by atoms with Gasteiger partial charge in [0, 0.05) is 31.1 Å². The molecule has 0 radical (unpaired) electrons. The van der Waals surface area contributed by atoms with Crippen molar-refractivity contribution in [1.29, 1.82) is 0 Å². The normalized spacial score (nSPS) is 11.1. The average Bonchev–Trinajstić information content (AvgIpc) is 3.32. The Hall–Kier alpha value is -4.51. The zero-order valence-electron chi connectivity index (χ0n) is 19.3. The van der Waals surface area contributed by atoms with Gasteiger partial charge in [-0.1, -0.05) is 36.4 Å². The van der Waals surface area contributed by atoms with E-state index in [1.807, 2.05) is 42.0 Å². The van der Waals surface area contributed by atoms with Crippen molar-refractivity contribution in [2.75, 3.05) is 10.8 Å². The highest BCUT2D eigenvalue weighted by Gasteiger charge is 2.27. The van der Waals surface area contributed by atoms with Crippen LogP contribution in [-0.4, -0.2) is 35.3 Å².